The molecule has 0 radical (unpaired) electrons. The first-order valence-electron chi connectivity index (χ1n) is 5.11. The number of aliphatic hydroxyl groups is 2. The van der Waals surface area contributed by atoms with Crippen LogP contribution < -0.4 is 4.74 Å². The van der Waals surface area contributed by atoms with E-state index in [-0.39, 0.29) is 13.2 Å². The van der Waals surface area contributed by atoms with Crippen molar-refractivity contribution >= 4 is 10.8 Å². The smallest absolute Gasteiger partial charge is 0.132 e. The molecule has 0 spiro atoms. The van der Waals surface area contributed by atoms with Crippen molar-refractivity contribution < 1.29 is 14.9 Å². The van der Waals surface area contributed by atoms with Gasteiger partial charge >= 0.3 is 0 Å². The molecule has 0 atom stereocenters. The zero-order valence-corrected chi connectivity index (χ0v) is 9.10. The van der Waals surface area contributed by atoms with Crippen molar-refractivity contribution in [1.29, 1.82) is 0 Å². The molecular formula is C13H14O3. The molecule has 3 nitrogen and oxygen atoms in total. The van der Waals surface area contributed by atoms with Crippen LogP contribution in [0.15, 0.2) is 30.3 Å². The molecule has 2 rings (SSSR count). The van der Waals surface area contributed by atoms with Crippen molar-refractivity contribution in [3.8, 4) is 5.75 Å². The molecule has 0 unspecified atom stereocenters. The van der Waals surface area contributed by atoms with Crippen LogP contribution in [0.25, 0.3) is 10.8 Å². The summed E-state index contributed by atoms with van der Waals surface area (Å²) in [6, 6.07) is 9.46. The lowest BCUT2D eigenvalue weighted by atomic mass is 10.00. The Morgan fingerprint density at radius 3 is 2.19 bits per heavy atom. The number of hydrogen-bond donors (Lipinski definition) is 2. The van der Waals surface area contributed by atoms with E-state index in [2.05, 4.69) is 0 Å². The monoisotopic (exact) mass is 218 g/mol. The van der Waals surface area contributed by atoms with Gasteiger partial charge in [-0.25, -0.2) is 0 Å². The van der Waals surface area contributed by atoms with Crippen LogP contribution >= 0.6 is 0 Å². The quantitative estimate of drug-likeness (QED) is 0.826. The Balaban J connectivity index is 2.83. The Bertz CT molecular complexity index is 506. The summed E-state index contributed by atoms with van der Waals surface area (Å²) in [6.07, 6.45) is 0. The zero-order chi connectivity index (χ0) is 11.5. The third kappa shape index (κ3) is 1.64. The van der Waals surface area contributed by atoms with Gasteiger partial charge in [0.2, 0.25) is 0 Å². The molecule has 0 saturated heterocycles. The second-order valence-corrected chi connectivity index (χ2v) is 3.59. The number of methoxy groups -OCH3 is 1. The molecule has 2 aromatic rings. The fourth-order valence-corrected chi connectivity index (χ4v) is 1.98. The molecule has 0 bridgehead atoms. The maximum atomic E-state index is 9.30. The fourth-order valence-electron chi connectivity index (χ4n) is 1.98. The summed E-state index contributed by atoms with van der Waals surface area (Å²) < 4.78 is 5.31. The van der Waals surface area contributed by atoms with Crippen molar-refractivity contribution in [3.05, 3.63) is 41.5 Å². The van der Waals surface area contributed by atoms with Gasteiger partial charge in [0.25, 0.3) is 0 Å². The van der Waals surface area contributed by atoms with Crippen LogP contribution in [-0.4, -0.2) is 17.3 Å². The Morgan fingerprint density at radius 2 is 1.62 bits per heavy atom. The second kappa shape index (κ2) is 4.51. The highest BCUT2D eigenvalue weighted by Crippen LogP contribution is 2.32. The van der Waals surface area contributed by atoms with E-state index in [9.17, 15) is 10.2 Å². The van der Waals surface area contributed by atoms with E-state index in [0.717, 1.165) is 16.3 Å². The van der Waals surface area contributed by atoms with Gasteiger partial charge in [-0.05, 0) is 17.0 Å². The average molecular weight is 218 g/mol. The highest BCUT2D eigenvalue weighted by Gasteiger charge is 2.10. The number of fused-ring (bicyclic) bond motifs is 1. The van der Waals surface area contributed by atoms with Gasteiger partial charge in [0, 0.05) is 10.9 Å². The Kier molecular flexibility index (Phi) is 3.08. The molecule has 3 heteroatoms. The predicted molar refractivity (Wildman–Crippen MR) is 62.3 cm³/mol. The normalized spacial score (nSPS) is 10.7. The molecule has 16 heavy (non-hydrogen) atoms. The van der Waals surface area contributed by atoms with Gasteiger partial charge in [0.05, 0.1) is 20.3 Å². The second-order valence-electron chi connectivity index (χ2n) is 3.59. The van der Waals surface area contributed by atoms with E-state index in [1.807, 2.05) is 24.3 Å². The van der Waals surface area contributed by atoms with Crippen molar-refractivity contribution in [1.82, 2.24) is 0 Å². The van der Waals surface area contributed by atoms with E-state index in [0.29, 0.717) is 11.3 Å². The first-order valence-corrected chi connectivity index (χ1v) is 5.11. The molecule has 0 aliphatic carbocycles. The van der Waals surface area contributed by atoms with Crippen LogP contribution in [0, 0.1) is 0 Å². The Morgan fingerprint density at radius 1 is 1.00 bits per heavy atom. The molecule has 0 saturated carbocycles. The molecule has 0 fully saturated rings. The molecule has 2 aromatic carbocycles. The van der Waals surface area contributed by atoms with Gasteiger partial charge < -0.3 is 14.9 Å². The van der Waals surface area contributed by atoms with E-state index in [4.69, 9.17) is 4.74 Å². The third-order valence-electron chi connectivity index (χ3n) is 2.70. The van der Waals surface area contributed by atoms with E-state index >= 15 is 0 Å². The number of benzene rings is 2. The lowest BCUT2D eigenvalue weighted by Gasteiger charge is -2.13. The van der Waals surface area contributed by atoms with E-state index in [1.165, 1.54) is 0 Å². The average Bonchev–Trinajstić information content (AvgIpc) is 2.36. The van der Waals surface area contributed by atoms with E-state index < -0.39 is 0 Å². The van der Waals surface area contributed by atoms with Gasteiger partial charge in [-0.1, -0.05) is 24.3 Å². The largest absolute Gasteiger partial charge is 0.496 e. The summed E-state index contributed by atoms with van der Waals surface area (Å²) in [6.45, 7) is -0.140. The van der Waals surface area contributed by atoms with Crippen molar-refractivity contribution in [2.24, 2.45) is 0 Å². The number of rotatable bonds is 3. The minimum Gasteiger partial charge on any atom is -0.496 e. The maximum Gasteiger partial charge on any atom is 0.132 e. The Hall–Kier alpha value is -1.58. The molecule has 84 valence electrons. The van der Waals surface area contributed by atoms with Gasteiger partial charge in [-0.2, -0.15) is 0 Å². The molecule has 0 heterocycles. The summed E-state index contributed by atoms with van der Waals surface area (Å²) in [4.78, 5) is 0. The number of aliphatic hydroxyl groups excluding tert-OH is 2. The van der Waals surface area contributed by atoms with Gasteiger partial charge in [-0.15, -0.1) is 0 Å². The lowest BCUT2D eigenvalue weighted by molar-refractivity contribution is 0.270. The van der Waals surface area contributed by atoms with Crippen LogP contribution in [0.1, 0.15) is 11.1 Å². The maximum absolute atomic E-state index is 9.30. The first-order chi connectivity index (χ1) is 7.81. The summed E-state index contributed by atoms with van der Waals surface area (Å²) in [5.41, 5.74) is 1.51. The highest BCUT2D eigenvalue weighted by atomic mass is 16.5. The minimum atomic E-state index is -0.0962. The summed E-state index contributed by atoms with van der Waals surface area (Å²) >= 11 is 0. The van der Waals surface area contributed by atoms with Crippen LogP contribution in [-0.2, 0) is 13.2 Å². The summed E-state index contributed by atoms with van der Waals surface area (Å²) in [7, 11) is 1.58. The van der Waals surface area contributed by atoms with Gasteiger partial charge in [0.15, 0.2) is 0 Å². The van der Waals surface area contributed by atoms with Crippen LogP contribution in [0.2, 0.25) is 0 Å². The summed E-state index contributed by atoms with van der Waals surface area (Å²) in [5.74, 6) is 0.676. The Labute approximate surface area is 93.9 Å². The van der Waals surface area contributed by atoms with Crippen molar-refractivity contribution in [3.63, 3.8) is 0 Å². The van der Waals surface area contributed by atoms with E-state index in [1.54, 1.807) is 13.2 Å². The molecule has 0 aromatic heterocycles. The zero-order valence-electron chi connectivity index (χ0n) is 9.10. The van der Waals surface area contributed by atoms with Crippen LogP contribution in [0.3, 0.4) is 0 Å². The third-order valence-corrected chi connectivity index (χ3v) is 2.70. The number of hydrogen-bond acceptors (Lipinski definition) is 3. The lowest BCUT2D eigenvalue weighted by Crippen LogP contribution is -1.97. The topological polar surface area (TPSA) is 49.7 Å². The molecular weight excluding hydrogens is 204 g/mol. The molecule has 0 amide bonds. The SMILES string of the molecule is COc1c(CO)cc(CO)c2ccccc12. The molecule has 0 aliphatic rings. The van der Waals surface area contributed by atoms with Crippen LogP contribution in [0.4, 0.5) is 0 Å². The summed E-state index contributed by atoms with van der Waals surface area (Å²) in [5, 5.41) is 20.4. The van der Waals surface area contributed by atoms with Gasteiger partial charge in [-0.3, -0.25) is 0 Å². The van der Waals surface area contributed by atoms with Crippen molar-refractivity contribution in [2.45, 2.75) is 13.2 Å². The highest BCUT2D eigenvalue weighted by molar-refractivity contribution is 5.92. The molecule has 2 N–H and O–H groups in total. The van der Waals surface area contributed by atoms with Gasteiger partial charge in [0.1, 0.15) is 5.75 Å². The minimum absolute atomic E-state index is 0.0441. The predicted octanol–water partition coefficient (Wildman–Crippen LogP) is 1.83. The molecule has 0 aliphatic heterocycles. The first kappa shape index (κ1) is 10.9. The number of ether oxygens (including phenoxy) is 1. The van der Waals surface area contributed by atoms with Crippen LogP contribution in [0.5, 0.6) is 5.75 Å². The standard InChI is InChI=1S/C13H14O3/c1-16-13-10(8-15)6-9(7-14)11-4-2-3-5-12(11)13/h2-6,14-15H,7-8H2,1H3. The fraction of sp³-hybridized carbons (Fsp3) is 0.231. The van der Waals surface area contributed by atoms with Crippen molar-refractivity contribution in [2.75, 3.05) is 7.11 Å².